The first kappa shape index (κ1) is 16.0. The van der Waals surface area contributed by atoms with Crippen LogP contribution in [0, 0.1) is 0 Å². The molecule has 0 aliphatic heterocycles. The molecule has 0 atom stereocenters. The van der Waals surface area contributed by atoms with Crippen molar-refractivity contribution in [1.82, 2.24) is 0 Å². The molecule has 0 fully saturated rings. The van der Waals surface area contributed by atoms with Crippen LogP contribution in [-0.4, -0.2) is 0 Å². The van der Waals surface area contributed by atoms with Crippen molar-refractivity contribution >= 4 is 34.8 Å². The van der Waals surface area contributed by atoms with E-state index in [4.69, 9.17) is 34.8 Å². The van der Waals surface area contributed by atoms with Crippen LogP contribution in [0.2, 0.25) is 0 Å². The quantitative estimate of drug-likeness (QED) is 0.501. The number of halogens is 3. The Morgan fingerprint density at radius 1 is 1.22 bits per heavy atom. The van der Waals surface area contributed by atoms with Crippen LogP contribution in [0.25, 0.3) is 0 Å². The second-order valence-electron chi connectivity index (χ2n) is 0.493. The molecule has 0 saturated heterocycles. The minimum Gasteiger partial charge on any atom is -0.106 e. The van der Waals surface area contributed by atoms with Crippen LogP contribution < -0.4 is 0 Å². The average molecular weight is 187 g/mol. The predicted octanol–water partition coefficient (Wildman–Crippen LogP) is 4.11. The van der Waals surface area contributed by atoms with E-state index >= 15 is 0 Å². The van der Waals surface area contributed by atoms with Gasteiger partial charge in [-0.1, -0.05) is 48.0 Å². The van der Waals surface area contributed by atoms with Crippen molar-refractivity contribution in [3.8, 4) is 0 Å². The van der Waals surface area contributed by atoms with Gasteiger partial charge in [0.25, 0.3) is 0 Å². The van der Waals surface area contributed by atoms with Gasteiger partial charge in [-0.25, -0.2) is 0 Å². The van der Waals surface area contributed by atoms with Crippen molar-refractivity contribution in [2.75, 3.05) is 0 Å². The molecule has 0 aromatic heterocycles. The van der Waals surface area contributed by atoms with Gasteiger partial charge in [0.15, 0.2) is 0 Å². The van der Waals surface area contributed by atoms with Crippen LogP contribution in [0.4, 0.5) is 0 Å². The van der Waals surface area contributed by atoms with Crippen molar-refractivity contribution in [1.29, 1.82) is 0 Å². The molecule has 0 aromatic rings. The lowest BCUT2D eigenvalue weighted by molar-refractivity contribution is 2.45. The Hall–Kier alpha value is 0.0900. The second-order valence-corrected chi connectivity index (χ2v) is 1.91. The van der Waals surface area contributed by atoms with Crippen molar-refractivity contribution in [3.63, 3.8) is 0 Å². The van der Waals surface area contributed by atoms with E-state index in [9.17, 15) is 0 Å². The number of hydrogen-bond donors (Lipinski definition) is 0. The maximum Gasteiger partial charge on any atom is 0.0992 e. The summed E-state index contributed by atoms with van der Waals surface area (Å²) in [6, 6.07) is 0. The first-order chi connectivity index (χ1) is 4.15. The zero-order valence-corrected chi connectivity index (χ0v) is 7.31. The molecule has 0 rings (SSSR count). The fourth-order valence-electron chi connectivity index (χ4n) is 0. The number of hydrogen-bond acceptors (Lipinski definition) is 0. The number of rotatable bonds is 0. The zero-order valence-electron chi connectivity index (χ0n) is 5.04. The van der Waals surface area contributed by atoms with Gasteiger partial charge in [0.05, 0.1) is 4.49 Å². The summed E-state index contributed by atoms with van der Waals surface area (Å²) in [7, 11) is 0. The molecule has 0 N–H and O–H groups in total. The molecule has 0 aliphatic rings. The van der Waals surface area contributed by atoms with E-state index in [1.54, 1.807) is 0 Å². The predicted molar refractivity (Wildman–Crippen MR) is 48.2 cm³/mol. The standard InChI is InChI=1S/C2H2Cl2.C2H3Cl.C2H4/c1-2(3)4;1-2-3;1-2/h1H2;2H,1H2;1-2H2. The Morgan fingerprint density at radius 3 is 1.22 bits per heavy atom. The first-order valence-corrected chi connectivity index (χ1v) is 3.05. The summed E-state index contributed by atoms with van der Waals surface area (Å²) < 4.78 is 0.111. The van der Waals surface area contributed by atoms with Gasteiger partial charge >= 0.3 is 0 Å². The lowest BCUT2D eigenvalue weighted by Gasteiger charge is -1.57. The minimum absolute atomic E-state index is 0.111. The molecule has 0 heterocycles. The highest BCUT2D eigenvalue weighted by molar-refractivity contribution is 6.55. The molecule has 0 aromatic carbocycles. The van der Waals surface area contributed by atoms with E-state index in [1.807, 2.05) is 0 Å². The van der Waals surface area contributed by atoms with Gasteiger partial charge in [-0.05, 0) is 5.54 Å². The summed E-state index contributed by atoms with van der Waals surface area (Å²) in [5, 5.41) is 0. The Bertz CT molecular complexity index is 64.7. The van der Waals surface area contributed by atoms with Gasteiger partial charge in [0.2, 0.25) is 0 Å². The van der Waals surface area contributed by atoms with Gasteiger partial charge in [-0.3, -0.25) is 0 Å². The van der Waals surface area contributed by atoms with Crippen LogP contribution in [-0.2, 0) is 0 Å². The van der Waals surface area contributed by atoms with Crippen molar-refractivity contribution in [2.45, 2.75) is 0 Å². The monoisotopic (exact) mass is 186 g/mol. The zero-order chi connectivity index (χ0) is 8.28. The smallest absolute Gasteiger partial charge is 0.0992 e. The second kappa shape index (κ2) is 24.3. The topological polar surface area (TPSA) is 0 Å². The molecular formula is C6H9Cl3. The minimum atomic E-state index is 0.111. The van der Waals surface area contributed by atoms with Crippen molar-refractivity contribution in [2.24, 2.45) is 0 Å². The largest absolute Gasteiger partial charge is 0.106 e. The van der Waals surface area contributed by atoms with E-state index < -0.39 is 0 Å². The third kappa shape index (κ3) is 37000. The van der Waals surface area contributed by atoms with Crippen LogP contribution in [0.15, 0.2) is 36.3 Å². The Labute approximate surface area is 71.4 Å². The lowest BCUT2D eigenvalue weighted by atomic mass is 11.3. The van der Waals surface area contributed by atoms with E-state index in [-0.39, 0.29) is 4.49 Å². The van der Waals surface area contributed by atoms with E-state index in [2.05, 4.69) is 26.3 Å². The van der Waals surface area contributed by atoms with Crippen LogP contribution in [0.1, 0.15) is 0 Å². The Balaban J connectivity index is -0.0000000646. The molecule has 0 unspecified atom stereocenters. The Morgan fingerprint density at radius 2 is 1.22 bits per heavy atom. The molecule has 0 nitrogen and oxygen atoms in total. The van der Waals surface area contributed by atoms with Crippen LogP contribution >= 0.6 is 34.8 Å². The fourth-order valence-corrected chi connectivity index (χ4v) is 0. The highest BCUT2D eigenvalue weighted by Crippen LogP contribution is 1.98. The molecule has 0 saturated carbocycles. The van der Waals surface area contributed by atoms with Gasteiger partial charge in [-0.2, -0.15) is 0 Å². The molecule has 0 bridgehead atoms. The lowest BCUT2D eigenvalue weighted by Crippen LogP contribution is -1.24. The van der Waals surface area contributed by atoms with Gasteiger partial charge in [-0.15, -0.1) is 13.2 Å². The summed E-state index contributed by atoms with van der Waals surface area (Å²) >= 11 is 14.5. The van der Waals surface area contributed by atoms with Gasteiger partial charge in [0, 0.05) is 0 Å². The summed E-state index contributed by atoms with van der Waals surface area (Å²) in [6.07, 6.45) is 0. The van der Waals surface area contributed by atoms with Gasteiger partial charge < -0.3 is 0 Å². The normalized spacial score (nSPS) is 4.78. The van der Waals surface area contributed by atoms with E-state index in [1.165, 1.54) is 5.54 Å². The van der Waals surface area contributed by atoms with Gasteiger partial charge in [0.1, 0.15) is 0 Å². The average Bonchev–Trinajstić information content (AvgIpc) is 1.71. The van der Waals surface area contributed by atoms with Crippen LogP contribution in [0.5, 0.6) is 0 Å². The molecule has 0 amide bonds. The summed E-state index contributed by atoms with van der Waals surface area (Å²) in [6.45, 7) is 12.2. The van der Waals surface area contributed by atoms with Crippen molar-refractivity contribution in [3.05, 3.63) is 36.3 Å². The summed E-state index contributed by atoms with van der Waals surface area (Å²) in [5.74, 6) is 0. The highest BCUT2D eigenvalue weighted by Gasteiger charge is 1.60. The van der Waals surface area contributed by atoms with Crippen molar-refractivity contribution < 1.29 is 0 Å². The molecule has 9 heavy (non-hydrogen) atoms. The molecule has 0 aliphatic carbocycles. The molecule has 0 spiro atoms. The Kier molecular flexibility index (Phi) is 43.3. The summed E-state index contributed by atoms with van der Waals surface area (Å²) in [5.41, 5.74) is 1.22. The molecule has 3 heteroatoms. The van der Waals surface area contributed by atoms with Crippen LogP contribution in [0.3, 0.4) is 0 Å². The van der Waals surface area contributed by atoms with E-state index in [0.717, 1.165) is 0 Å². The molecule has 54 valence electrons. The maximum atomic E-state index is 4.85. The first-order valence-electron chi connectivity index (χ1n) is 1.86. The highest BCUT2D eigenvalue weighted by atomic mass is 35.5. The van der Waals surface area contributed by atoms with E-state index in [0.29, 0.717) is 0 Å². The molecular weight excluding hydrogens is 178 g/mol. The molecule has 0 radical (unpaired) electrons. The fraction of sp³-hybridized carbons (Fsp3) is 0. The summed E-state index contributed by atoms with van der Waals surface area (Å²) in [4.78, 5) is 0. The maximum absolute atomic E-state index is 4.85. The third-order valence-electron chi connectivity index (χ3n) is 0. The third-order valence-corrected chi connectivity index (χ3v) is 0. The SMILES string of the molecule is C=C.C=C(Cl)Cl.C=CCl.